The van der Waals surface area contributed by atoms with E-state index in [-0.39, 0.29) is 16.8 Å². The molecule has 1 fully saturated rings. The number of benzene rings is 1. The van der Waals surface area contributed by atoms with Crippen LogP contribution < -0.4 is 0 Å². The number of aliphatic hydroxyl groups is 1. The van der Waals surface area contributed by atoms with E-state index in [4.69, 9.17) is 4.42 Å². The van der Waals surface area contributed by atoms with E-state index < -0.39 is 21.9 Å². The zero-order chi connectivity index (χ0) is 17.3. The van der Waals surface area contributed by atoms with Gasteiger partial charge < -0.3 is 14.4 Å². The topological polar surface area (TPSA) is 87.8 Å². The summed E-state index contributed by atoms with van der Waals surface area (Å²) in [4.78, 5) is 14.2. The summed E-state index contributed by atoms with van der Waals surface area (Å²) in [5, 5.41) is 10.2. The summed E-state index contributed by atoms with van der Waals surface area (Å²) >= 11 is 0. The number of furan rings is 1. The van der Waals surface area contributed by atoms with Gasteiger partial charge >= 0.3 is 0 Å². The molecule has 128 valence electrons. The van der Waals surface area contributed by atoms with Gasteiger partial charge in [-0.1, -0.05) is 30.3 Å². The standard InChI is InChI=1S/C17H19NO5S/c1-24(21,22)15-8-7-14(23-15)16(19)13-9-10-18(17(13)20)11-12-5-3-2-4-6-12/h2-8,13,16,19H,9-11H2,1H3. The average Bonchev–Trinajstić information content (AvgIpc) is 3.16. The van der Waals surface area contributed by atoms with E-state index in [9.17, 15) is 18.3 Å². The molecule has 0 aliphatic carbocycles. The van der Waals surface area contributed by atoms with E-state index in [1.807, 2.05) is 30.3 Å². The summed E-state index contributed by atoms with van der Waals surface area (Å²) in [5.41, 5.74) is 1.03. The quantitative estimate of drug-likeness (QED) is 0.889. The molecule has 1 amide bonds. The first kappa shape index (κ1) is 16.7. The molecule has 0 radical (unpaired) electrons. The first-order valence-corrected chi connectivity index (χ1v) is 9.56. The second-order valence-corrected chi connectivity index (χ2v) is 7.96. The molecule has 0 saturated carbocycles. The molecular formula is C17H19NO5S. The second kappa shape index (κ2) is 6.41. The average molecular weight is 349 g/mol. The van der Waals surface area contributed by atoms with Gasteiger partial charge in [0.05, 0.1) is 5.92 Å². The van der Waals surface area contributed by atoms with Gasteiger partial charge in [0.15, 0.2) is 0 Å². The van der Waals surface area contributed by atoms with E-state index in [2.05, 4.69) is 0 Å². The highest BCUT2D eigenvalue weighted by molar-refractivity contribution is 7.90. The second-order valence-electron chi connectivity index (χ2n) is 6.01. The molecular weight excluding hydrogens is 330 g/mol. The molecule has 2 atom stereocenters. The summed E-state index contributed by atoms with van der Waals surface area (Å²) in [6.45, 7) is 1.05. The lowest BCUT2D eigenvalue weighted by molar-refractivity contribution is -0.134. The van der Waals surface area contributed by atoms with Crippen LogP contribution in [0.3, 0.4) is 0 Å². The highest BCUT2D eigenvalue weighted by atomic mass is 32.2. The molecule has 2 heterocycles. The molecule has 0 bridgehead atoms. The molecule has 1 aliphatic rings. The maximum Gasteiger partial charge on any atom is 0.229 e. The lowest BCUT2D eigenvalue weighted by Crippen LogP contribution is -2.29. The van der Waals surface area contributed by atoms with E-state index in [0.29, 0.717) is 19.5 Å². The minimum absolute atomic E-state index is 0.107. The fraction of sp³-hybridized carbons (Fsp3) is 0.353. The molecule has 0 spiro atoms. The monoisotopic (exact) mass is 349 g/mol. The minimum Gasteiger partial charge on any atom is -0.447 e. The fourth-order valence-corrected chi connectivity index (χ4v) is 3.47. The van der Waals surface area contributed by atoms with Gasteiger partial charge in [-0.05, 0) is 24.1 Å². The summed E-state index contributed by atoms with van der Waals surface area (Å²) in [5.74, 6) is -0.661. The largest absolute Gasteiger partial charge is 0.447 e. The molecule has 1 aromatic heterocycles. The number of hydrogen-bond acceptors (Lipinski definition) is 5. The van der Waals surface area contributed by atoms with Gasteiger partial charge in [0.2, 0.25) is 20.8 Å². The smallest absolute Gasteiger partial charge is 0.229 e. The fourth-order valence-electron chi connectivity index (χ4n) is 2.91. The van der Waals surface area contributed by atoms with Crippen LogP contribution in [0.1, 0.15) is 23.8 Å². The van der Waals surface area contributed by atoms with Crippen LogP contribution in [0.4, 0.5) is 0 Å². The Balaban J connectivity index is 1.71. The summed E-state index contributed by atoms with van der Waals surface area (Å²) in [6, 6.07) is 12.3. The normalized spacial score (nSPS) is 19.7. The molecule has 1 N–H and O–H groups in total. The van der Waals surface area contributed by atoms with Crippen molar-refractivity contribution in [1.29, 1.82) is 0 Å². The Morgan fingerprint density at radius 1 is 1.25 bits per heavy atom. The van der Waals surface area contributed by atoms with E-state index in [0.717, 1.165) is 11.8 Å². The number of likely N-dealkylation sites (tertiary alicyclic amines) is 1. The summed E-state index contributed by atoms with van der Waals surface area (Å²) < 4.78 is 28.1. The Kier molecular flexibility index (Phi) is 4.47. The Hall–Kier alpha value is -2.12. The van der Waals surface area contributed by atoms with Crippen LogP contribution in [0.25, 0.3) is 0 Å². The van der Waals surface area contributed by atoms with Crippen LogP contribution in [0.5, 0.6) is 0 Å². The van der Waals surface area contributed by atoms with Gasteiger partial charge in [-0.15, -0.1) is 0 Å². The number of rotatable bonds is 5. The van der Waals surface area contributed by atoms with Gasteiger partial charge in [0.25, 0.3) is 0 Å². The minimum atomic E-state index is -3.48. The van der Waals surface area contributed by atoms with Gasteiger partial charge in [0.1, 0.15) is 11.9 Å². The number of carbonyl (C=O) groups excluding carboxylic acids is 1. The number of hydrogen-bond donors (Lipinski definition) is 1. The Bertz CT molecular complexity index is 828. The van der Waals surface area contributed by atoms with Crippen LogP contribution in [0.2, 0.25) is 0 Å². The van der Waals surface area contributed by atoms with Crippen molar-refractivity contribution in [2.75, 3.05) is 12.8 Å². The highest BCUT2D eigenvalue weighted by Gasteiger charge is 2.38. The third-order valence-electron chi connectivity index (χ3n) is 4.20. The number of nitrogens with zero attached hydrogens (tertiary/aromatic N) is 1. The summed E-state index contributed by atoms with van der Waals surface area (Å²) in [7, 11) is -3.48. The summed E-state index contributed by atoms with van der Waals surface area (Å²) in [6.07, 6.45) is 0.389. The molecule has 7 heteroatoms. The zero-order valence-electron chi connectivity index (χ0n) is 13.3. The van der Waals surface area contributed by atoms with Crippen LogP contribution in [0, 0.1) is 5.92 Å². The van der Waals surface area contributed by atoms with Crippen molar-refractivity contribution >= 4 is 15.7 Å². The number of sulfone groups is 1. The first-order valence-electron chi connectivity index (χ1n) is 7.67. The predicted octanol–water partition coefficient (Wildman–Crippen LogP) is 1.77. The van der Waals surface area contributed by atoms with Crippen molar-refractivity contribution in [2.45, 2.75) is 24.2 Å². The van der Waals surface area contributed by atoms with Gasteiger partial charge in [0, 0.05) is 19.3 Å². The van der Waals surface area contributed by atoms with Gasteiger partial charge in [-0.25, -0.2) is 8.42 Å². The Morgan fingerprint density at radius 2 is 1.96 bits per heavy atom. The predicted molar refractivity (Wildman–Crippen MR) is 86.7 cm³/mol. The first-order chi connectivity index (χ1) is 11.4. The third kappa shape index (κ3) is 3.37. The van der Waals surface area contributed by atoms with Crippen molar-refractivity contribution in [3.63, 3.8) is 0 Å². The van der Waals surface area contributed by atoms with Crippen molar-refractivity contribution in [3.8, 4) is 0 Å². The molecule has 6 nitrogen and oxygen atoms in total. The van der Waals surface area contributed by atoms with Crippen molar-refractivity contribution in [3.05, 3.63) is 53.8 Å². The van der Waals surface area contributed by atoms with Crippen molar-refractivity contribution < 1.29 is 22.7 Å². The SMILES string of the molecule is CS(=O)(=O)c1ccc(C(O)C2CCN(Cc3ccccc3)C2=O)o1. The molecule has 2 unspecified atom stereocenters. The molecule has 2 aromatic rings. The van der Waals surface area contributed by atoms with Crippen molar-refractivity contribution in [2.24, 2.45) is 5.92 Å². The molecule has 3 rings (SSSR count). The van der Waals surface area contributed by atoms with Crippen molar-refractivity contribution in [1.82, 2.24) is 4.90 Å². The van der Waals surface area contributed by atoms with E-state index >= 15 is 0 Å². The molecule has 1 aromatic carbocycles. The zero-order valence-corrected chi connectivity index (χ0v) is 14.1. The lowest BCUT2D eigenvalue weighted by Gasteiger charge is -2.18. The Morgan fingerprint density at radius 3 is 2.58 bits per heavy atom. The van der Waals surface area contributed by atoms with Crippen LogP contribution in [0.15, 0.2) is 52.0 Å². The maximum absolute atomic E-state index is 12.5. The number of carbonyl (C=O) groups is 1. The third-order valence-corrected chi connectivity index (χ3v) is 5.15. The molecule has 1 aliphatic heterocycles. The van der Waals surface area contributed by atoms with E-state index in [1.165, 1.54) is 12.1 Å². The lowest BCUT2D eigenvalue weighted by atomic mass is 9.99. The van der Waals surface area contributed by atoms with Gasteiger partial charge in [-0.2, -0.15) is 0 Å². The number of amides is 1. The van der Waals surface area contributed by atoms with Crippen LogP contribution in [-0.2, 0) is 21.2 Å². The Labute approximate surface area is 140 Å². The van der Waals surface area contributed by atoms with Gasteiger partial charge in [-0.3, -0.25) is 4.79 Å². The maximum atomic E-state index is 12.5. The van der Waals surface area contributed by atoms with Crippen LogP contribution in [-0.4, -0.2) is 37.1 Å². The van der Waals surface area contributed by atoms with Crippen LogP contribution >= 0.6 is 0 Å². The molecule has 24 heavy (non-hydrogen) atoms. The molecule has 1 saturated heterocycles. The highest BCUT2D eigenvalue weighted by Crippen LogP contribution is 2.33. The number of aliphatic hydroxyl groups excluding tert-OH is 1. The van der Waals surface area contributed by atoms with E-state index in [1.54, 1.807) is 4.90 Å².